The smallest absolute Gasteiger partial charge is 0.253 e. The second-order valence-electron chi connectivity index (χ2n) is 5.37. The molecule has 0 atom stereocenters. The number of nitrogens with one attached hydrogen (secondary N) is 1. The minimum Gasteiger partial charge on any atom is -0.325 e. The highest BCUT2D eigenvalue weighted by Crippen LogP contribution is 2.09. The molecule has 0 spiro atoms. The molecule has 0 bridgehead atoms. The van der Waals surface area contributed by atoms with Crippen molar-refractivity contribution in [1.29, 1.82) is 0 Å². The number of nitrogens with zero attached hydrogens (tertiary/aromatic N) is 2. The fourth-order valence-electron chi connectivity index (χ4n) is 2.15. The Morgan fingerprint density at radius 1 is 1.32 bits per heavy atom. The molecule has 5 heteroatoms. The lowest BCUT2D eigenvalue weighted by molar-refractivity contribution is -0.116. The predicted molar refractivity (Wildman–Crippen MR) is 86.9 cm³/mol. The van der Waals surface area contributed by atoms with E-state index in [2.05, 4.69) is 17.2 Å². The Hall–Kier alpha value is -2.43. The van der Waals surface area contributed by atoms with Gasteiger partial charge < -0.3 is 5.32 Å². The maximum atomic E-state index is 12.0. The van der Waals surface area contributed by atoms with E-state index < -0.39 is 0 Å². The first-order valence-corrected chi connectivity index (χ1v) is 7.50. The van der Waals surface area contributed by atoms with Crippen LogP contribution >= 0.6 is 0 Å². The van der Waals surface area contributed by atoms with Crippen LogP contribution < -0.4 is 10.9 Å². The van der Waals surface area contributed by atoms with Crippen molar-refractivity contribution < 1.29 is 4.79 Å². The Labute approximate surface area is 130 Å². The predicted octanol–water partition coefficient (Wildman–Crippen LogP) is 2.53. The summed E-state index contributed by atoms with van der Waals surface area (Å²) in [5, 5.41) is 2.78. The third-order valence-electron chi connectivity index (χ3n) is 3.34. The van der Waals surface area contributed by atoms with E-state index in [9.17, 15) is 9.59 Å². The lowest BCUT2D eigenvalue weighted by Gasteiger charge is -2.08. The first kappa shape index (κ1) is 15.9. The van der Waals surface area contributed by atoms with Gasteiger partial charge in [0.15, 0.2) is 0 Å². The summed E-state index contributed by atoms with van der Waals surface area (Å²) in [7, 11) is 0. The molecule has 5 nitrogen and oxygen atoms in total. The molecule has 116 valence electrons. The Balaban J connectivity index is 2.01. The van der Waals surface area contributed by atoms with Crippen LogP contribution in [0.4, 0.5) is 5.69 Å². The first-order chi connectivity index (χ1) is 10.6. The Kier molecular flexibility index (Phi) is 5.47. The van der Waals surface area contributed by atoms with E-state index >= 15 is 0 Å². The van der Waals surface area contributed by atoms with Crippen molar-refractivity contribution >= 4 is 11.6 Å². The zero-order chi connectivity index (χ0) is 15.9. The van der Waals surface area contributed by atoms with Crippen LogP contribution in [0.5, 0.6) is 0 Å². The molecule has 1 heterocycles. The standard InChI is InChI=1S/C17H21N3O2/c1-3-4-7-14-10-17(22)20(12-18-14)11-16(21)19-15-8-5-6-13(2)9-15/h5-6,8-10,12H,3-4,7,11H2,1-2H3,(H,19,21). The molecule has 1 N–H and O–H groups in total. The number of benzene rings is 1. The van der Waals surface area contributed by atoms with Crippen molar-refractivity contribution in [2.24, 2.45) is 0 Å². The highest BCUT2D eigenvalue weighted by Gasteiger charge is 2.06. The van der Waals surface area contributed by atoms with Crippen LogP contribution in [0.1, 0.15) is 31.0 Å². The topological polar surface area (TPSA) is 64.0 Å². The fraction of sp³-hybridized carbons (Fsp3) is 0.353. The molecule has 0 aliphatic carbocycles. The minimum atomic E-state index is -0.240. The Bertz CT molecular complexity index is 707. The summed E-state index contributed by atoms with van der Waals surface area (Å²) < 4.78 is 1.32. The number of hydrogen-bond acceptors (Lipinski definition) is 3. The Morgan fingerprint density at radius 2 is 2.14 bits per heavy atom. The van der Waals surface area contributed by atoms with E-state index in [0.29, 0.717) is 0 Å². The van der Waals surface area contributed by atoms with Gasteiger partial charge in [0.1, 0.15) is 6.54 Å². The van der Waals surface area contributed by atoms with Gasteiger partial charge in [0, 0.05) is 17.4 Å². The van der Waals surface area contributed by atoms with Crippen molar-refractivity contribution in [3.05, 3.63) is 58.3 Å². The van der Waals surface area contributed by atoms with E-state index in [4.69, 9.17) is 0 Å². The molecule has 1 amide bonds. The van der Waals surface area contributed by atoms with Crippen LogP contribution in [-0.2, 0) is 17.8 Å². The zero-order valence-corrected chi connectivity index (χ0v) is 13.0. The van der Waals surface area contributed by atoms with Gasteiger partial charge in [-0.1, -0.05) is 25.5 Å². The summed E-state index contributed by atoms with van der Waals surface area (Å²) in [6, 6.07) is 9.04. The molecule has 0 aliphatic rings. The molecule has 0 radical (unpaired) electrons. The third-order valence-corrected chi connectivity index (χ3v) is 3.34. The van der Waals surface area contributed by atoms with Crippen molar-refractivity contribution in [3.63, 3.8) is 0 Å². The molecule has 0 saturated carbocycles. The van der Waals surface area contributed by atoms with Gasteiger partial charge >= 0.3 is 0 Å². The van der Waals surface area contributed by atoms with Crippen LogP contribution in [-0.4, -0.2) is 15.5 Å². The average Bonchev–Trinajstić information content (AvgIpc) is 2.47. The number of aromatic nitrogens is 2. The number of amides is 1. The molecule has 0 aliphatic heterocycles. The molecule has 1 aromatic carbocycles. The SMILES string of the molecule is CCCCc1cc(=O)n(CC(=O)Nc2cccc(C)c2)cn1. The normalized spacial score (nSPS) is 10.5. The second-order valence-corrected chi connectivity index (χ2v) is 5.37. The van der Waals surface area contributed by atoms with E-state index in [1.54, 1.807) is 0 Å². The van der Waals surface area contributed by atoms with Crippen LogP contribution in [0.25, 0.3) is 0 Å². The summed E-state index contributed by atoms with van der Waals surface area (Å²) in [5.41, 5.74) is 2.38. The van der Waals surface area contributed by atoms with E-state index in [1.165, 1.54) is 17.0 Å². The monoisotopic (exact) mass is 299 g/mol. The second kappa shape index (κ2) is 7.54. The van der Waals surface area contributed by atoms with Crippen molar-refractivity contribution in [2.45, 2.75) is 39.7 Å². The molecular formula is C17H21N3O2. The van der Waals surface area contributed by atoms with Crippen LogP contribution in [0.15, 0.2) is 41.5 Å². The molecule has 0 saturated heterocycles. The van der Waals surface area contributed by atoms with Gasteiger partial charge in [-0.05, 0) is 37.5 Å². The van der Waals surface area contributed by atoms with Crippen LogP contribution in [0, 0.1) is 6.92 Å². The van der Waals surface area contributed by atoms with Crippen LogP contribution in [0.3, 0.4) is 0 Å². The maximum absolute atomic E-state index is 12.0. The van der Waals surface area contributed by atoms with Gasteiger partial charge in [-0.3, -0.25) is 14.2 Å². The molecule has 1 aromatic heterocycles. The summed E-state index contributed by atoms with van der Waals surface area (Å²) in [5.74, 6) is -0.240. The molecule has 0 unspecified atom stereocenters. The third kappa shape index (κ3) is 4.55. The van der Waals surface area contributed by atoms with Crippen LogP contribution in [0.2, 0.25) is 0 Å². The molecule has 0 fully saturated rings. The summed E-state index contributed by atoms with van der Waals surface area (Å²) >= 11 is 0. The quantitative estimate of drug-likeness (QED) is 0.891. The van der Waals surface area contributed by atoms with E-state index in [1.807, 2.05) is 31.2 Å². The van der Waals surface area contributed by atoms with E-state index in [-0.39, 0.29) is 18.0 Å². The number of unbranched alkanes of at least 4 members (excludes halogenated alkanes) is 1. The molecule has 22 heavy (non-hydrogen) atoms. The highest BCUT2D eigenvalue weighted by molar-refractivity contribution is 5.90. The number of rotatable bonds is 6. The van der Waals surface area contributed by atoms with Gasteiger partial charge in [0.05, 0.1) is 6.33 Å². The largest absolute Gasteiger partial charge is 0.325 e. The Morgan fingerprint density at radius 3 is 2.82 bits per heavy atom. The number of hydrogen-bond donors (Lipinski definition) is 1. The minimum absolute atomic E-state index is 0.0339. The summed E-state index contributed by atoms with van der Waals surface area (Å²) in [4.78, 5) is 28.2. The number of carbonyl (C=O) groups excluding carboxylic acids is 1. The van der Waals surface area contributed by atoms with Crippen molar-refractivity contribution in [3.8, 4) is 0 Å². The maximum Gasteiger partial charge on any atom is 0.253 e. The highest BCUT2D eigenvalue weighted by atomic mass is 16.2. The molecular weight excluding hydrogens is 278 g/mol. The van der Waals surface area contributed by atoms with Gasteiger partial charge in [0.25, 0.3) is 5.56 Å². The average molecular weight is 299 g/mol. The van der Waals surface area contributed by atoms with Gasteiger partial charge in [-0.15, -0.1) is 0 Å². The number of carbonyl (C=O) groups is 1. The lowest BCUT2D eigenvalue weighted by atomic mass is 10.2. The van der Waals surface area contributed by atoms with Gasteiger partial charge in [0.2, 0.25) is 5.91 Å². The molecule has 2 aromatic rings. The first-order valence-electron chi connectivity index (χ1n) is 7.50. The lowest BCUT2D eigenvalue weighted by Crippen LogP contribution is -2.27. The van der Waals surface area contributed by atoms with Gasteiger partial charge in [-0.25, -0.2) is 4.98 Å². The fourth-order valence-corrected chi connectivity index (χ4v) is 2.15. The number of anilines is 1. The summed E-state index contributed by atoms with van der Waals surface area (Å²) in [6.07, 6.45) is 4.30. The van der Waals surface area contributed by atoms with Gasteiger partial charge in [-0.2, -0.15) is 0 Å². The van der Waals surface area contributed by atoms with E-state index in [0.717, 1.165) is 36.2 Å². The van der Waals surface area contributed by atoms with Crippen molar-refractivity contribution in [1.82, 2.24) is 9.55 Å². The van der Waals surface area contributed by atoms with Crippen molar-refractivity contribution in [2.75, 3.05) is 5.32 Å². The zero-order valence-electron chi connectivity index (χ0n) is 13.0. The molecule has 2 rings (SSSR count). The summed E-state index contributed by atoms with van der Waals surface area (Å²) in [6.45, 7) is 4.02. The number of aryl methyl sites for hydroxylation is 2.